The Morgan fingerprint density at radius 2 is 1.35 bits per heavy atom. The van der Waals surface area contributed by atoms with E-state index in [2.05, 4.69) is 42.0 Å². The van der Waals surface area contributed by atoms with Crippen LogP contribution in [0.3, 0.4) is 0 Å². The van der Waals surface area contributed by atoms with Crippen molar-refractivity contribution < 1.29 is 24.8 Å². The summed E-state index contributed by atoms with van der Waals surface area (Å²) in [7, 11) is 0. The van der Waals surface area contributed by atoms with E-state index in [1.807, 2.05) is 6.92 Å². The number of terminal acetylenes is 2. The number of nitrogens with two attached hydrogens (primary N) is 2. The number of rotatable bonds is 4. The van der Waals surface area contributed by atoms with Crippen molar-refractivity contribution in [2.75, 3.05) is 24.7 Å². The minimum absolute atomic E-state index is 0.0386. The highest BCUT2D eigenvalue weighted by molar-refractivity contribution is 5.51. The van der Waals surface area contributed by atoms with Crippen LogP contribution < -0.4 is 11.5 Å². The summed E-state index contributed by atoms with van der Waals surface area (Å²) >= 11 is 0. The average molecular weight is 549 g/mol. The van der Waals surface area contributed by atoms with Crippen LogP contribution in [-0.4, -0.2) is 85.0 Å². The van der Waals surface area contributed by atoms with Gasteiger partial charge in [0.05, 0.1) is 43.9 Å². The fraction of sp³-hybridized carbons (Fsp3) is 0.440. The number of nitrogen functional groups attached to an aromatic ring is 2. The lowest BCUT2D eigenvalue weighted by Gasteiger charge is -2.24. The van der Waals surface area contributed by atoms with Crippen molar-refractivity contribution >= 4 is 23.2 Å². The first-order valence-corrected chi connectivity index (χ1v) is 12.3. The first-order valence-electron chi connectivity index (χ1n) is 12.3. The monoisotopic (exact) mass is 548 g/mol. The summed E-state index contributed by atoms with van der Waals surface area (Å²) in [6, 6.07) is 0. The predicted molar refractivity (Wildman–Crippen MR) is 140 cm³/mol. The molecular formula is C25H28N10O5. The highest BCUT2D eigenvalue weighted by Crippen LogP contribution is 2.44. The summed E-state index contributed by atoms with van der Waals surface area (Å²) in [5.74, 6) is 5.39. The molecule has 208 valence electrons. The number of nitrogens with zero attached hydrogens (tertiary/aromatic N) is 8. The second-order valence-electron chi connectivity index (χ2n) is 9.62. The number of ether oxygens (including phenoxy) is 2. The molecule has 2 saturated heterocycles. The lowest BCUT2D eigenvalue weighted by Crippen LogP contribution is -2.41. The molecule has 40 heavy (non-hydrogen) atoms. The third kappa shape index (κ3) is 4.26. The maximum absolute atomic E-state index is 10.0. The highest BCUT2D eigenvalue weighted by atomic mass is 16.5. The topological polar surface area (TPSA) is 217 Å². The smallest absolute Gasteiger partial charge is 0.224 e. The van der Waals surface area contributed by atoms with Crippen LogP contribution in [0.5, 0.6) is 0 Å². The molecule has 15 heteroatoms. The molecule has 0 radical (unpaired) electrons. The molecule has 0 bridgehead atoms. The van der Waals surface area contributed by atoms with Gasteiger partial charge in [0.1, 0.15) is 12.7 Å². The molecule has 2 aliphatic rings. The Balaban J connectivity index is 0.000000161. The van der Waals surface area contributed by atoms with Crippen molar-refractivity contribution in [2.45, 2.75) is 49.3 Å². The Hall–Kier alpha value is -4.38. The Morgan fingerprint density at radius 1 is 0.875 bits per heavy atom. The molecule has 7 N–H and O–H groups in total. The molecule has 6 atom stereocenters. The molecule has 0 aliphatic carbocycles. The Bertz CT molecular complexity index is 1510. The molecule has 4 aromatic rings. The van der Waals surface area contributed by atoms with Gasteiger partial charge in [-0.05, 0) is 6.42 Å². The molecule has 15 nitrogen and oxygen atoms in total. The van der Waals surface area contributed by atoms with Crippen molar-refractivity contribution in [1.82, 2.24) is 39.2 Å². The van der Waals surface area contributed by atoms with Crippen LogP contribution in [0, 0.1) is 30.6 Å². The molecule has 4 aromatic heterocycles. The van der Waals surface area contributed by atoms with Crippen molar-refractivity contribution in [3.8, 4) is 24.7 Å². The van der Waals surface area contributed by atoms with E-state index in [0.29, 0.717) is 23.3 Å². The summed E-state index contributed by atoms with van der Waals surface area (Å²) < 4.78 is 14.4. The zero-order valence-electron chi connectivity index (χ0n) is 21.5. The van der Waals surface area contributed by atoms with E-state index >= 15 is 0 Å². The number of aliphatic hydroxyl groups excluding tert-OH is 3. The van der Waals surface area contributed by atoms with E-state index in [1.165, 1.54) is 21.7 Å². The quantitative estimate of drug-likeness (QED) is 0.195. The molecule has 2 fully saturated rings. The molecule has 6 heterocycles. The van der Waals surface area contributed by atoms with Gasteiger partial charge in [-0.25, -0.2) is 19.9 Å². The van der Waals surface area contributed by atoms with Crippen LogP contribution in [0.1, 0.15) is 43.1 Å². The van der Waals surface area contributed by atoms with E-state index in [1.54, 1.807) is 12.4 Å². The predicted octanol–water partition coefficient (Wildman–Crippen LogP) is -0.939. The van der Waals surface area contributed by atoms with Crippen molar-refractivity contribution in [3.63, 3.8) is 0 Å². The van der Waals surface area contributed by atoms with Crippen LogP contribution in [0.4, 0.5) is 11.9 Å². The summed E-state index contributed by atoms with van der Waals surface area (Å²) in [6.07, 6.45) is 16.0. The minimum Gasteiger partial charge on any atom is -0.392 e. The number of anilines is 2. The van der Waals surface area contributed by atoms with Crippen LogP contribution in [0.15, 0.2) is 25.0 Å². The molecule has 0 unspecified atom stereocenters. The zero-order valence-corrected chi connectivity index (χ0v) is 21.5. The second-order valence-corrected chi connectivity index (χ2v) is 9.62. The van der Waals surface area contributed by atoms with Gasteiger partial charge in [0.25, 0.3) is 0 Å². The summed E-state index contributed by atoms with van der Waals surface area (Å²) in [5.41, 5.74) is 11.6. The molecule has 6 rings (SSSR count). The number of aliphatic hydroxyl groups is 3. The van der Waals surface area contributed by atoms with Gasteiger partial charge in [-0.2, -0.15) is 19.2 Å². The minimum atomic E-state index is -1.39. The number of hydrogen-bond acceptors (Lipinski definition) is 13. The first kappa shape index (κ1) is 27.2. The van der Waals surface area contributed by atoms with E-state index < -0.39 is 30.0 Å². The normalized spacial score (nSPS) is 29.6. The standard InChI is InChI=1S/C13H15N5O2.C12H13N5O3/c1-3-13(6-19)8(2)4-10(20-13)9-5-17-18-11(9)15-7-16-12(18)14;1-2-12(5-18)9(19)3-8(20-12)7-4-16-17-10(7)14-6-15-11(17)13/h1,5,7-8,10,19H,4,6H2,2H3,(H2,14,15,16);1,4,6,8-9,18-19H,3,5H2,(H2,13,14,15)/t8-,10+,13+;8-,9+,12-/m01/s1. The van der Waals surface area contributed by atoms with E-state index in [9.17, 15) is 15.3 Å². The van der Waals surface area contributed by atoms with Crippen LogP contribution in [-0.2, 0) is 9.47 Å². The maximum Gasteiger partial charge on any atom is 0.224 e. The van der Waals surface area contributed by atoms with Gasteiger partial charge in [-0.1, -0.05) is 18.8 Å². The number of hydrogen-bond donors (Lipinski definition) is 5. The third-order valence-electron chi connectivity index (χ3n) is 7.41. The van der Waals surface area contributed by atoms with Gasteiger partial charge in [0.2, 0.25) is 11.9 Å². The van der Waals surface area contributed by atoms with E-state index in [-0.39, 0.29) is 36.9 Å². The fourth-order valence-electron chi connectivity index (χ4n) is 4.97. The van der Waals surface area contributed by atoms with Gasteiger partial charge in [-0.3, -0.25) is 0 Å². The van der Waals surface area contributed by atoms with Crippen molar-refractivity contribution in [3.05, 3.63) is 36.2 Å². The van der Waals surface area contributed by atoms with Gasteiger partial charge in [0.15, 0.2) is 22.5 Å². The van der Waals surface area contributed by atoms with E-state index in [0.717, 1.165) is 5.56 Å². The largest absolute Gasteiger partial charge is 0.392 e. The Kier molecular flexibility index (Phi) is 7.01. The zero-order chi connectivity index (χ0) is 28.7. The average Bonchev–Trinajstić information content (AvgIpc) is 3.73. The number of aromatic nitrogens is 8. The molecular weight excluding hydrogens is 520 g/mol. The van der Waals surface area contributed by atoms with Gasteiger partial charge in [0, 0.05) is 23.5 Å². The van der Waals surface area contributed by atoms with Crippen LogP contribution in [0.25, 0.3) is 11.3 Å². The Labute approximate surface area is 228 Å². The van der Waals surface area contributed by atoms with E-state index in [4.69, 9.17) is 33.8 Å². The van der Waals surface area contributed by atoms with Crippen molar-refractivity contribution in [2.24, 2.45) is 5.92 Å². The second kappa shape index (κ2) is 10.3. The summed E-state index contributed by atoms with van der Waals surface area (Å²) in [5, 5.41) is 37.2. The molecule has 0 aromatic carbocycles. The SMILES string of the molecule is C#C[C@]1(CO)O[C@@H](c2cnn3c(N)ncnc23)C[C@@H]1C.C#C[C@]1(CO)O[C@@H](c2cnn3c(N)ncnc23)C[C@@H]1O. The molecule has 0 saturated carbocycles. The van der Waals surface area contributed by atoms with Gasteiger partial charge in [-0.15, -0.1) is 12.8 Å². The molecule has 0 amide bonds. The lowest BCUT2D eigenvalue weighted by molar-refractivity contribution is -0.0718. The summed E-state index contributed by atoms with van der Waals surface area (Å²) in [6.45, 7) is 1.29. The van der Waals surface area contributed by atoms with Crippen LogP contribution >= 0.6 is 0 Å². The molecule has 2 aliphatic heterocycles. The molecule has 0 spiro atoms. The Morgan fingerprint density at radius 3 is 1.77 bits per heavy atom. The lowest BCUT2D eigenvalue weighted by atomic mass is 9.89. The fourth-order valence-corrected chi connectivity index (χ4v) is 4.97. The van der Waals surface area contributed by atoms with Gasteiger partial charge < -0.3 is 36.3 Å². The third-order valence-corrected chi connectivity index (χ3v) is 7.41. The van der Waals surface area contributed by atoms with Crippen molar-refractivity contribution in [1.29, 1.82) is 0 Å². The highest BCUT2D eigenvalue weighted by Gasteiger charge is 2.48. The maximum atomic E-state index is 10.0. The number of fused-ring (bicyclic) bond motifs is 2. The summed E-state index contributed by atoms with van der Waals surface area (Å²) in [4.78, 5) is 16.0. The van der Waals surface area contributed by atoms with Crippen LogP contribution in [0.2, 0.25) is 0 Å². The first-order chi connectivity index (χ1) is 19.2. The van der Waals surface area contributed by atoms with Gasteiger partial charge >= 0.3 is 0 Å².